The number of benzene rings is 2. The van der Waals surface area contributed by atoms with Gasteiger partial charge in [-0.25, -0.2) is 4.98 Å². The van der Waals surface area contributed by atoms with Crippen molar-refractivity contribution in [3.05, 3.63) is 70.9 Å². The zero-order valence-electron chi connectivity index (χ0n) is 17.0. The van der Waals surface area contributed by atoms with E-state index in [9.17, 15) is 10.1 Å². The minimum absolute atomic E-state index is 0.0638. The number of hydrogen-bond acceptors (Lipinski definition) is 4. The Morgan fingerprint density at radius 1 is 1.20 bits per heavy atom. The van der Waals surface area contributed by atoms with Crippen LogP contribution in [0.3, 0.4) is 0 Å². The van der Waals surface area contributed by atoms with Crippen molar-refractivity contribution in [1.82, 2.24) is 15.3 Å². The lowest BCUT2D eigenvalue weighted by Gasteiger charge is -2.09. The van der Waals surface area contributed by atoms with Crippen molar-refractivity contribution in [2.24, 2.45) is 0 Å². The van der Waals surface area contributed by atoms with Crippen LogP contribution in [0.5, 0.6) is 0 Å². The Bertz CT molecular complexity index is 1290. The molecule has 1 amide bonds. The first-order valence-corrected chi connectivity index (χ1v) is 10.8. The van der Waals surface area contributed by atoms with Crippen LogP contribution in [-0.4, -0.2) is 28.2 Å². The number of nitrogens with one attached hydrogen (secondary N) is 2. The Hall–Kier alpha value is -3.30. The predicted molar refractivity (Wildman–Crippen MR) is 122 cm³/mol. The third-order valence-electron chi connectivity index (χ3n) is 5.10. The smallest absolute Gasteiger partial charge is 0.230 e. The third-order valence-corrected chi connectivity index (χ3v) is 6.09. The number of para-hydroxylation sites is 1. The molecule has 0 fully saturated rings. The van der Waals surface area contributed by atoms with Gasteiger partial charge in [0.1, 0.15) is 11.1 Å². The Morgan fingerprint density at radius 3 is 2.87 bits per heavy atom. The molecule has 0 aliphatic carbocycles. The Balaban J connectivity index is 1.38. The van der Waals surface area contributed by atoms with Crippen molar-refractivity contribution in [2.45, 2.75) is 25.3 Å². The number of aromatic amines is 1. The number of hydrogen-bond donors (Lipinski definition) is 2. The summed E-state index contributed by atoms with van der Waals surface area (Å²) in [4.78, 5) is 20.2. The van der Waals surface area contributed by atoms with Crippen LogP contribution in [0.25, 0.3) is 21.8 Å². The summed E-state index contributed by atoms with van der Waals surface area (Å²) in [6, 6.07) is 16.3. The van der Waals surface area contributed by atoms with Crippen LogP contribution in [0.4, 0.5) is 0 Å². The number of amides is 1. The van der Waals surface area contributed by atoms with Crippen LogP contribution >= 0.6 is 11.8 Å². The number of rotatable bonds is 6. The van der Waals surface area contributed by atoms with E-state index in [1.54, 1.807) is 0 Å². The van der Waals surface area contributed by atoms with Gasteiger partial charge in [-0.3, -0.25) is 4.79 Å². The molecule has 2 N–H and O–H groups in total. The summed E-state index contributed by atoms with van der Waals surface area (Å²) in [5.41, 5.74) is 5.88. The minimum Gasteiger partial charge on any atom is -0.361 e. The molecule has 30 heavy (non-hydrogen) atoms. The third kappa shape index (κ3) is 4.17. The average molecular weight is 415 g/mol. The molecule has 5 nitrogen and oxygen atoms in total. The highest BCUT2D eigenvalue weighted by atomic mass is 32.2. The van der Waals surface area contributed by atoms with E-state index in [0.717, 1.165) is 34.0 Å². The fourth-order valence-corrected chi connectivity index (χ4v) is 4.46. The van der Waals surface area contributed by atoms with Crippen molar-refractivity contribution < 1.29 is 4.79 Å². The fourth-order valence-electron chi connectivity index (χ4n) is 3.66. The molecule has 2 aromatic carbocycles. The summed E-state index contributed by atoms with van der Waals surface area (Å²) in [5, 5.41) is 15.2. The van der Waals surface area contributed by atoms with Crippen molar-refractivity contribution in [3.8, 4) is 6.07 Å². The molecule has 6 heteroatoms. The SMILES string of the molecule is Cc1cc(C)c2cc(C#N)c(SCC(=O)NCCc3c[nH]c4ccccc34)nc2c1. The van der Waals surface area contributed by atoms with E-state index in [-0.39, 0.29) is 11.7 Å². The number of fused-ring (bicyclic) bond motifs is 2. The maximum absolute atomic E-state index is 12.3. The zero-order valence-corrected chi connectivity index (χ0v) is 17.8. The van der Waals surface area contributed by atoms with Gasteiger partial charge < -0.3 is 10.3 Å². The molecule has 0 bridgehead atoms. The summed E-state index contributed by atoms with van der Waals surface area (Å²) in [5.74, 6) is 0.164. The number of aryl methyl sites for hydroxylation is 2. The summed E-state index contributed by atoms with van der Waals surface area (Å²) in [7, 11) is 0. The molecule has 2 aromatic heterocycles. The van der Waals surface area contributed by atoms with Crippen molar-refractivity contribution >= 4 is 39.5 Å². The highest BCUT2D eigenvalue weighted by Gasteiger charge is 2.12. The van der Waals surface area contributed by atoms with Crippen LogP contribution < -0.4 is 5.32 Å². The van der Waals surface area contributed by atoms with Gasteiger partial charge in [0.25, 0.3) is 0 Å². The van der Waals surface area contributed by atoms with Crippen LogP contribution in [0, 0.1) is 25.2 Å². The second-order valence-corrected chi connectivity index (χ2v) is 8.31. The number of nitriles is 1. The van der Waals surface area contributed by atoms with E-state index in [4.69, 9.17) is 0 Å². The monoisotopic (exact) mass is 414 g/mol. The van der Waals surface area contributed by atoms with Crippen LogP contribution in [-0.2, 0) is 11.2 Å². The average Bonchev–Trinajstić information content (AvgIpc) is 3.15. The molecule has 4 rings (SSSR count). The van der Waals surface area contributed by atoms with Gasteiger partial charge in [-0.1, -0.05) is 36.0 Å². The molecule has 0 aliphatic rings. The first-order valence-electron chi connectivity index (χ1n) is 9.82. The Kier molecular flexibility index (Phi) is 5.73. The highest BCUT2D eigenvalue weighted by Crippen LogP contribution is 2.27. The Labute approximate surface area is 179 Å². The lowest BCUT2D eigenvalue weighted by atomic mass is 10.1. The number of carbonyl (C=O) groups excluding carboxylic acids is 1. The number of aromatic nitrogens is 2. The minimum atomic E-state index is -0.0638. The lowest BCUT2D eigenvalue weighted by molar-refractivity contribution is -0.118. The first kappa shape index (κ1) is 20.0. The van der Waals surface area contributed by atoms with E-state index >= 15 is 0 Å². The maximum Gasteiger partial charge on any atom is 0.230 e. The molecule has 2 heterocycles. The predicted octanol–water partition coefficient (Wildman–Crippen LogP) is 4.66. The van der Waals surface area contributed by atoms with E-state index in [2.05, 4.69) is 33.5 Å². The van der Waals surface area contributed by atoms with E-state index in [0.29, 0.717) is 17.1 Å². The van der Waals surface area contributed by atoms with Crippen LogP contribution in [0.15, 0.2) is 53.7 Å². The van der Waals surface area contributed by atoms with Gasteiger partial charge >= 0.3 is 0 Å². The van der Waals surface area contributed by atoms with E-state index in [1.165, 1.54) is 22.7 Å². The van der Waals surface area contributed by atoms with Gasteiger partial charge in [-0.2, -0.15) is 5.26 Å². The number of pyridine rings is 1. The van der Waals surface area contributed by atoms with Crippen molar-refractivity contribution in [1.29, 1.82) is 5.26 Å². The van der Waals surface area contributed by atoms with E-state index in [1.807, 2.05) is 50.4 Å². The fraction of sp³-hybridized carbons (Fsp3) is 0.208. The van der Waals surface area contributed by atoms with Crippen LogP contribution in [0.1, 0.15) is 22.3 Å². The van der Waals surface area contributed by atoms with Crippen molar-refractivity contribution in [2.75, 3.05) is 12.3 Å². The van der Waals surface area contributed by atoms with E-state index < -0.39 is 0 Å². The Morgan fingerprint density at radius 2 is 2.03 bits per heavy atom. The van der Waals surface area contributed by atoms with Gasteiger partial charge in [0.2, 0.25) is 5.91 Å². The molecule has 0 spiro atoms. The second kappa shape index (κ2) is 8.60. The molecular weight excluding hydrogens is 392 g/mol. The summed E-state index contributed by atoms with van der Waals surface area (Å²) >= 11 is 1.30. The maximum atomic E-state index is 12.3. The summed E-state index contributed by atoms with van der Waals surface area (Å²) in [6.07, 6.45) is 2.75. The number of carbonyl (C=O) groups is 1. The second-order valence-electron chi connectivity index (χ2n) is 7.35. The molecule has 0 radical (unpaired) electrons. The summed E-state index contributed by atoms with van der Waals surface area (Å²) in [6.45, 7) is 4.61. The zero-order chi connectivity index (χ0) is 21.1. The van der Waals surface area contributed by atoms with Gasteiger partial charge in [-0.15, -0.1) is 0 Å². The number of nitrogens with zero attached hydrogens (tertiary/aromatic N) is 2. The molecule has 4 aromatic rings. The topological polar surface area (TPSA) is 81.6 Å². The molecule has 0 saturated carbocycles. The number of H-pyrrole nitrogens is 1. The molecule has 150 valence electrons. The quantitative estimate of drug-likeness (QED) is 0.450. The van der Waals surface area contributed by atoms with Crippen LogP contribution in [0.2, 0.25) is 0 Å². The summed E-state index contributed by atoms with van der Waals surface area (Å²) < 4.78 is 0. The lowest BCUT2D eigenvalue weighted by Crippen LogP contribution is -2.27. The molecule has 0 atom stereocenters. The van der Waals surface area contributed by atoms with Gasteiger partial charge in [0.15, 0.2) is 0 Å². The normalized spacial score (nSPS) is 11.0. The molecule has 0 aliphatic heterocycles. The van der Waals surface area contributed by atoms with Gasteiger partial charge in [0, 0.05) is 29.0 Å². The standard InChI is InChI=1S/C24H22N4OS/c1-15-9-16(2)20-11-18(12-25)24(28-22(20)10-15)30-14-23(29)26-8-7-17-13-27-21-6-4-3-5-19(17)21/h3-6,9-11,13,27H,7-8,14H2,1-2H3,(H,26,29). The largest absolute Gasteiger partial charge is 0.361 e. The number of thioether (sulfide) groups is 1. The van der Waals surface area contributed by atoms with Crippen molar-refractivity contribution in [3.63, 3.8) is 0 Å². The molecule has 0 unspecified atom stereocenters. The van der Waals surface area contributed by atoms with Gasteiger partial charge in [-0.05, 0) is 55.2 Å². The first-order chi connectivity index (χ1) is 14.5. The highest BCUT2D eigenvalue weighted by molar-refractivity contribution is 8.00. The molecular formula is C24H22N4OS. The molecule has 0 saturated heterocycles. The van der Waals surface area contributed by atoms with Gasteiger partial charge in [0.05, 0.1) is 16.8 Å².